The molecule has 5 heterocycles. The maximum absolute atomic E-state index is 14.2. The highest BCUT2D eigenvalue weighted by Gasteiger charge is 2.41. The second-order valence-corrected chi connectivity index (χ2v) is 10.6. The van der Waals surface area contributed by atoms with Gasteiger partial charge in [0.2, 0.25) is 5.91 Å². The lowest BCUT2D eigenvalue weighted by atomic mass is 9.93. The van der Waals surface area contributed by atoms with Crippen LogP contribution in [0.3, 0.4) is 0 Å². The molecule has 1 aromatic carbocycles. The van der Waals surface area contributed by atoms with Gasteiger partial charge in [-0.15, -0.1) is 0 Å². The predicted molar refractivity (Wildman–Crippen MR) is 143 cm³/mol. The van der Waals surface area contributed by atoms with E-state index in [4.69, 9.17) is 0 Å². The molecule has 1 unspecified atom stereocenters. The molecular weight excluding hydrogens is 467 g/mol. The third-order valence-corrected chi connectivity index (χ3v) is 8.35. The Morgan fingerprint density at radius 2 is 1.84 bits per heavy atom. The van der Waals surface area contributed by atoms with Gasteiger partial charge in [-0.2, -0.15) is 0 Å². The van der Waals surface area contributed by atoms with Gasteiger partial charge in [-0.05, 0) is 80.7 Å². The number of aromatic amines is 1. The van der Waals surface area contributed by atoms with Crippen molar-refractivity contribution in [1.29, 1.82) is 0 Å². The fraction of sp³-hybridized carbons (Fsp3) is 0.448. The zero-order valence-corrected chi connectivity index (χ0v) is 21.4. The number of amides is 1. The summed E-state index contributed by atoms with van der Waals surface area (Å²) in [7, 11) is 2.01. The number of rotatable bonds is 5. The standard InChI is InChI=1S/C29H35FN6O/c1-33-27-18-23(30)5-6-26(27)36(28(33)25-4-2-3-12-32-25)24-10-16-35(17-11-24)29(37)22-8-14-34(15-9-22)20-21-7-13-31-19-21/h2-7,12-13,18-19,22,24,28,31H,8-11,14-17,20H2,1H3. The molecular formula is C29H35FN6O. The summed E-state index contributed by atoms with van der Waals surface area (Å²) in [5, 5.41) is 0. The van der Waals surface area contributed by atoms with Gasteiger partial charge in [0.25, 0.3) is 0 Å². The highest BCUT2D eigenvalue weighted by Crippen LogP contribution is 2.47. The predicted octanol–water partition coefficient (Wildman–Crippen LogP) is 4.41. The van der Waals surface area contributed by atoms with E-state index in [0.29, 0.717) is 5.91 Å². The van der Waals surface area contributed by atoms with Gasteiger partial charge in [-0.1, -0.05) is 6.07 Å². The molecule has 2 aromatic heterocycles. The van der Waals surface area contributed by atoms with E-state index in [-0.39, 0.29) is 23.9 Å². The Bertz CT molecular complexity index is 1200. The number of nitrogens with one attached hydrogen (secondary N) is 1. The summed E-state index contributed by atoms with van der Waals surface area (Å²) < 4.78 is 14.2. The van der Waals surface area contributed by atoms with Gasteiger partial charge in [0.05, 0.1) is 17.1 Å². The van der Waals surface area contributed by atoms with E-state index in [9.17, 15) is 9.18 Å². The molecule has 2 saturated heterocycles. The van der Waals surface area contributed by atoms with Crippen LogP contribution < -0.4 is 9.80 Å². The van der Waals surface area contributed by atoms with Crippen LogP contribution in [0.5, 0.6) is 0 Å². The van der Waals surface area contributed by atoms with Gasteiger partial charge in [0.15, 0.2) is 0 Å². The molecule has 7 nitrogen and oxygen atoms in total. The van der Waals surface area contributed by atoms with Gasteiger partial charge in [0.1, 0.15) is 12.0 Å². The van der Waals surface area contributed by atoms with Crippen LogP contribution in [0, 0.1) is 11.7 Å². The van der Waals surface area contributed by atoms with E-state index < -0.39 is 0 Å². The van der Waals surface area contributed by atoms with Crippen molar-refractivity contribution in [2.45, 2.75) is 44.4 Å². The lowest BCUT2D eigenvalue weighted by Crippen LogP contribution is -2.50. The van der Waals surface area contributed by atoms with Crippen LogP contribution >= 0.6 is 0 Å². The number of anilines is 2. The number of benzene rings is 1. The Labute approximate surface area is 217 Å². The third kappa shape index (κ3) is 4.70. The smallest absolute Gasteiger partial charge is 0.225 e. The van der Waals surface area contributed by atoms with E-state index in [2.05, 4.69) is 35.6 Å². The van der Waals surface area contributed by atoms with Crippen LogP contribution in [0.4, 0.5) is 15.8 Å². The normalized spacial score (nSPS) is 21.5. The number of halogens is 1. The summed E-state index contributed by atoms with van der Waals surface area (Å²) >= 11 is 0. The van der Waals surface area contributed by atoms with Crippen molar-refractivity contribution in [3.63, 3.8) is 0 Å². The number of hydrogen-bond donors (Lipinski definition) is 1. The van der Waals surface area contributed by atoms with Gasteiger partial charge in [-0.3, -0.25) is 14.7 Å². The van der Waals surface area contributed by atoms with Gasteiger partial charge in [0, 0.05) is 57.2 Å². The summed E-state index contributed by atoms with van der Waals surface area (Å²) in [4.78, 5) is 30.2. The second kappa shape index (κ2) is 10.2. The molecule has 6 rings (SSSR count). The monoisotopic (exact) mass is 502 g/mol. The summed E-state index contributed by atoms with van der Waals surface area (Å²) in [6.07, 6.45) is 9.39. The summed E-state index contributed by atoms with van der Waals surface area (Å²) in [5.41, 5.74) is 4.18. The van der Waals surface area contributed by atoms with Crippen molar-refractivity contribution in [2.24, 2.45) is 5.92 Å². The Balaban J connectivity index is 1.11. The number of pyridine rings is 1. The van der Waals surface area contributed by atoms with Crippen molar-refractivity contribution in [2.75, 3.05) is 43.0 Å². The highest BCUT2D eigenvalue weighted by molar-refractivity contribution is 5.80. The molecule has 1 atom stereocenters. The molecule has 8 heteroatoms. The summed E-state index contributed by atoms with van der Waals surface area (Å²) in [6, 6.07) is 13.4. The third-order valence-electron chi connectivity index (χ3n) is 8.35. The Morgan fingerprint density at radius 1 is 1.03 bits per heavy atom. The van der Waals surface area contributed by atoms with E-state index >= 15 is 0 Å². The molecule has 1 amide bonds. The Kier molecular flexibility index (Phi) is 6.59. The molecule has 0 saturated carbocycles. The largest absolute Gasteiger partial charge is 0.367 e. The molecule has 3 aliphatic rings. The number of hydrogen-bond acceptors (Lipinski definition) is 5. The number of piperidine rings is 2. The van der Waals surface area contributed by atoms with Crippen molar-refractivity contribution in [1.82, 2.24) is 19.8 Å². The van der Waals surface area contributed by atoms with Gasteiger partial charge in [-0.25, -0.2) is 4.39 Å². The van der Waals surface area contributed by atoms with E-state index in [1.165, 1.54) is 5.56 Å². The van der Waals surface area contributed by atoms with Crippen molar-refractivity contribution in [3.05, 3.63) is 78.1 Å². The van der Waals surface area contributed by atoms with Gasteiger partial charge >= 0.3 is 0 Å². The van der Waals surface area contributed by atoms with Crippen molar-refractivity contribution >= 4 is 17.3 Å². The number of aromatic nitrogens is 2. The minimum atomic E-state index is -0.230. The van der Waals surface area contributed by atoms with Gasteiger partial charge < -0.3 is 19.7 Å². The van der Waals surface area contributed by atoms with E-state index in [1.54, 1.807) is 12.1 Å². The number of likely N-dealkylation sites (tertiary alicyclic amines) is 2. The highest BCUT2D eigenvalue weighted by atomic mass is 19.1. The van der Waals surface area contributed by atoms with Crippen LogP contribution in [0.2, 0.25) is 0 Å². The maximum atomic E-state index is 14.2. The fourth-order valence-electron chi connectivity index (χ4n) is 6.39. The molecule has 0 bridgehead atoms. The molecule has 3 aliphatic heterocycles. The lowest BCUT2D eigenvalue weighted by Gasteiger charge is -2.42. The molecule has 37 heavy (non-hydrogen) atoms. The first-order valence-corrected chi connectivity index (χ1v) is 13.4. The van der Waals surface area contributed by atoms with E-state index in [1.807, 2.05) is 49.9 Å². The molecule has 0 radical (unpaired) electrons. The molecule has 3 aromatic rings. The zero-order chi connectivity index (χ0) is 25.4. The molecule has 0 spiro atoms. The number of nitrogens with zero attached hydrogens (tertiary/aromatic N) is 5. The quantitative estimate of drug-likeness (QED) is 0.560. The number of carbonyl (C=O) groups is 1. The number of fused-ring (bicyclic) bond motifs is 1. The topological polar surface area (TPSA) is 58.7 Å². The average molecular weight is 503 g/mol. The molecule has 194 valence electrons. The lowest BCUT2D eigenvalue weighted by molar-refractivity contribution is -0.138. The Hall–Kier alpha value is -3.39. The van der Waals surface area contributed by atoms with Crippen LogP contribution in [0.15, 0.2) is 61.1 Å². The first-order valence-electron chi connectivity index (χ1n) is 13.4. The molecule has 1 N–H and O–H groups in total. The van der Waals surface area contributed by atoms with Crippen molar-refractivity contribution < 1.29 is 9.18 Å². The fourth-order valence-corrected chi connectivity index (χ4v) is 6.39. The molecule has 0 aliphatic carbocycles. The van der Waals surface area contributed by atoms with E-state index in [0.717, 1.165) is 75.5 Å². The second-order valence-electron chi connectivity index (χ2n) is 10.6. The summed E-state index contributed by atoms with van der Waals surface area (Å²) in [6.45, 7) is 4.41. The van der Waals surface area contributed by atoms with Crippen LogP contribution in [-0.2, 0) is 11.3 Å². The SMILES string of the molecule is CN1c2cc(F)ccc2N(C2CCN(C(=O)C3CCN(Cc4cc[nH]c4)CC3)CC2)C1c1ccccn1. The van der Waals surface area contributed by atoms with Crippen LogP contribution in [0.25, 0.3) is 0 Å². The van der Waals surface area contributed by atoms with Crippen LogP contribution in [-0.4, -0.2) is 64.9 Å². The average Bonchev–Trinajstić information content (AvgIpc) is 3.55. The van der Waals surface area contributed by atoms with Crippen LogP contribution in [0.1, 0.15) is 43.1 Å². The zero-order valence-electron chi connectivity index (χ0n) is 21.4. The first kappa shape index (κ1) is 24.0. The van der Waals surface area contributed by atoms with Crippen molar-refractivity contribution in [3.8, 4) is 0 Å². The first-order chi connectivity index (χ1) is 18.1. The number of carbonyl (C=O) groups excluding carboxylic acids is 1. The number of H-pyrrole nitrogens is 1. The Morgan fingerprint density at radius 3 is 2.54 bits per heavy atom. The molecule has 2 fully saturated rings. The summed E-state index contributed by atoms with van der Waals surface area (Å²) in [5.74, 6) is 0.218. The maximum Gasteiger partial charge on any atom is 0.225 e. The minimum Gasteiger partial charge on any atom is -0.367 e. The minimum absolute atomic E-state index is 0.0883.